The molecule has 2 aromatic rings. The van der Waals surface area contributed by atoms with Gasteiger partial charge in [0.2, 0.25) is 0 Å². The van der Waals surface area contributed by atoms with Crippen LogP contribution in [0, 0.1) is 11.3 Å². The second-order valence-corrected chi connectivity index (χ2v) is 5.37. The molecule has 86 valence electrons. The fourth-order valence-electron chi connectivity index (χ4n) is 1.34. The van der Waals surface area contributed by atoms with Gasteiger partial charge in [0.05, 0.1) is 11.8 Å². The molecule has 0 unspecified atom stereocenters. The van der Waals surface area contributed by atoms with E-state index < -0.39 is 0 Å². The first kappa shape index (κ1) is 12.1. The van der Waals surface area contributed by atoms with Gasteiger partial charge in [-0.3, -0.25) is 0 Å². The first-order valence-corrected chi connectivity index (χ1v) is 6.88. The van der Waals surface area contributed by atoms with Crippen molar-refractivity contribution in [3.05, 3.63) is 36.2 Å². The van der Waals surface area contributed by atoms with Crippen LogP contribution in [-0.2, 0) is 0 Å². The highest BCUT2D eigenvalue weighted by Crippen LogP contribution is 2.34. The standard InChI is InChI=1S/C12H10N2OS2/c1-2-16-10-4-3-5-11(9(10)8-13)17-12-14-6-7-15-12/h3-7H,2H2,1H3. The van der Waals surface area contributed by atoms with Crippen LogP contribution in [0.3, 0.4) is 0 Å². The molecule has 3 nitrogen and oxygen atoms in total. The second-order valence-electron chi connectivity index (χ2n) is 3.07. The van der Waals surface area contributed by atoms with E-state index in [0.29, 0.717) is 10.8 Å². The monoisotopic (exact) mass is 262 g/mol. The van der Waals surface area contributed by atoms with Crippen LogP contribution in [0.5, 0.6) is 0 Å². The molecule has 5 heteroatoms. The largest absolute Gasteiger partial charge is 0.440 e. The molecule has 0 aliphatic rings. The van der Waals surface area contributed by atoms with E-state index in [9.17, 15) is 5.26 Å². The molecule has 0 bridgehead atoms. The molecule has 1 aromatic heterocycles. The summed E-state index contributed by atoms with van der Waals surface area (Å²) in [5.41, 5.74) is 0.697. The number of benzene rings is 1. The van der Waals surface area contributed by atoms with Gasteiger partial charge in [-0.15, -0.1) is 11.8 Å². The lowest BCUT2D eigenvalue weighted by Crippen LogP contribution is -1.86. The normalized spacial score (nSPS) is 10.1. The van der Waals surface area contributed by atoms with Crippen LogP contribution in [0.2, 0.25) is 0 Å². The number of oxazole rings is 1. The lowest BCUT2D eigenvalue weighted by Gasteiger charge is -2.05. The van der Waals surface area contributed by atoms with Gasteiger partial charge in [0.1, 0.15) is 12.3 Å². The lowest BCUT2D eigenvalue weighted by atomic mass is 10.2. The van der Waals surface area contributed by atoms with Gasteiger partial charge in [0.15, 0.2) is 0 Å². The van der Waals surface area contributed by atoms with Gasteiger partial charge < -0.3 is 4.42 Å². The van der Waals surface area contributed by atoms with Crippen molar-refractivity contribution < 1.29 is 4.42 Å². The first-order chi connectivity index (χ1) is 8.35. The van der Waals surface area contributed by atoms with Crippen LogP contribution in [0.1, 0.15) is 12.5 Å². The highest BCUT2D eigenvalue weighted by molar-refractivity contribution is 8.00. The topological polar surface area (TPSA) is 49.8 Å². The summed E-state index contributed by atoms with van der Waals surface area (Å²) in [5, 5.41) is 9.78. The lowest BCUT2D eigenvalue weighted by molar-refractivity contribution is 0.454. The number of aromatic nitrogens is 1. The molecule has 1 aromatic carbocycles. The maximum Gasteiger partial charge on any atom is 0.260 e. The molecule has 2 rings (SSSR count). The SMILES string of the molecule is CCSc1cccc(Sc2ncco2)c1C#N. The Bertz CT molecular complexity index is 532. The predicted molar refractivity (Wildman–Crippen MR) is 68.2 cm³/mol. The Morgan fingerprint density at radius 2 is 2.24 bits per heavy atom. The van der Waals surface area contributed by atoms with E-state index in [1.165, 1.54) is 18.0 Å². The molecule has 1 heterocycles. The molecular formula is C12H10N2OS2. The van der Waals surface area contributed by atoms with E-state index in [0.717, 1.165) is 15.5 Å². The zero-order valence-electron chi connectivity index (χ0n) is 9.21. The van der Waals surface area contributed by atoms with Gasteiger partial charge in [-0.2, -0.15) is 5.26 Å². The van der Waals surface area contributed by atoms with Crippen LogP contribution < -0.4 is 0 Å². The highest BCUT2D eigenvalue weighted by atomic mass is 32.2. The Morgan fingerprint density at radius 1 is 1.41 bits per heavy atom. The zero-order valence-corrected chi connectivity index (χ0v) is 10.8. The van der Waals surface area contributed by atoms with Crippen molar-refractivity contribution >= 4 is 23.5 Å². The van der Waals surface area contributed by atoms with Gasteiger partial charge in [0, 0.05) is 9.79 Å². The summed E-state index contributed by atoms with van der Waals surface area (Å²) >= 11 is 3.04. The van der Waals surface area contributed by atoms with Crippen molar-refractivity contribution in [1.29, 1.82) is 5.26 Å². The second kappa shape index (κ2) is 5.80. The summed E-state index contributed by atoms with van der Waals surface area (Å²) in [6.07, 6.45) is 3.12. The minimum Gasteiger partial charge on any atom is -0.440 e. The van der Waals surface area contributed by atoms with Crippen molar-refractivity contribution in [2.75, 3.05) is 5.75 Å². The van der Waals surface area contributed by atoms with E-state index >= 15 is 0 Å². The minimum atomic E-state index is 0.556. The first-order valence-electron chi connectivity index (χ1n) is 5.08. The van der Waals surface area contributed by atoms with Gasteiger partial charge in [-0.25, -0.2) is 4.98 Å². The molecule has 0 atom stereocenters. The number of thioether (sulfide) groups is 1. The average Bonchev–Trinajstić information content (AvgIpc) is 2.83. The van der Waals surface area contributed by atoms with Crippen LogP contribution in [-0.4, -0.2) is 10.7 Å². The van der Waals surface area contributed by atoms with Crippen LogP contribution in [0.15, 0.2) is 50.1 Å². The van der Waals surface area contributed by atoms with Crippen LogP contribution >= 0.6 is 23.5 Å². The Kier molecular flexibility index (Phi) is 4.13. The number of nitriles is 1. The number of rotatable bonds is 4. The van der Waals surface area contributed by atoms with Gasteiger partial charge >= 0.3 is 0 Å². The molecule has 0 radical (unpaired) electrons. The maximum atomic E-state index is 9.23. The van der Waals surface area contributed by atoms with Crippen molar-refractivity contribution in [2.45, 2.75) is 21.9 Å². The summed E-state index contributed by atoms with van der Waals surface area (Å²) in [5.74, 6) is 0.946. The fourth-order valence-corrected chi connectivity index (χ4v) is 3.00. The Labute approximate surface area is 108 Å². The van der Waals surface area contributed by atoms with Crippen molar-refractivity contribution in [3.63, 3.8) is 0 Å². The quantitative estimate of drug-likeness (QED) is 0.784. The minimum absolute atomic E-state index is 0.556. The van der Waals surface area contributed by atoms with E-state index in [1.807, 2.05) is 18.2 Å². The van der Waals surface area contributed by atoms with Crippen molar-refractivity contribution in [3.8, 4) is 6.07 Å². The molecule has 0 saturated heterocycles. The van der Waals surface area contributed by atoms with E-state index in [-0.39, 0.29) is 0 Å². The number of hydrogen-bond donors (Lipinski definition) is 0. The number of hydrogen-bond acceptors (Lipinski definition) is 5. The molecule has 0 fully saturated rings. The van der Waals surface area contributed by atoms with Crippen LogP contribution in [0.25, 0.3) is 0 Å². The fraction of sp³-hybridized carbons (Fsp3) is 0.167. The summed E-state index contributed by atoms with van der Waals surface area (Å²) in [7, 11) is 0. The Hall–Kier alpha value is -1.38. The highest BCUT2D eigenvalue weighted by Gasteiger charge is 2.11. The molecular weight excluding hydrogens is 252 g/mol. The summed E-state index contributed by atoms with van der Waals surface area (Å²) in [6.45, 7) is 2.07. The van der Waals surface area contributed by atoms with Gasteiger partial charge in [-0.05, 0) is 29.6 Å². The van der Waals surface area contributed by atoms with Crippen molar-refractivity contribution in [2.24, 2.45) is 0 Å². The summed E-state index contributed by atoms with van der Waals surface area (Å²) in [4.78, 5) is 5.93. The third kappa shape index (κ3) is 2.84. The maximum absolute atomic E-state index is 9.23. The Balaban J connectivity index is 2.34. The molecule has 0 N–H and O–H groups in total. The van der Waals surface area contributed by atoms with Crippen LogP contribution in [0.4, 0.5) is 0 Å². The Morgan fingerprint density at radius 3 is 2.88 bits per heavy atom. The number of nitrogens with zero attached hydrogens (tertiary/aromatic N) is 2. The molecule has 0 spiro atoms. The van der Waals surface area contributed by atoms with Crippen molar-refractivity contribution in [1.82, 2.24) is 4.98 Å². The van der Waals surface area contributed by atoms with E-state index in [1.54, 1.807) is 18.0 Å². The molecule has 0 aliphatic heterocycles. The van der Waals surface area contributed by atoms with E-state index in [4.69, 9.17) is 4.42 Å². The summed E-state index contributed by atoms with van der Waals surface area (Å²) in [6, 6.07) is 8.07. The smallest absolute Gasteiger partial charge is 0.260 e. The van der Waals surface area contributed by atoms with E-state index in [2.05, 4.69) is 18.0 Å². The third-order valence-corrected chi connectivity index (χ3v) is 3.88. The predicted octanol–water partition coefficient (Wildman–Crippen LogP) is 3.81. The molecule has 0 amide bonds. The zero-order chi connectivity index (χ0) is 12.1. The molecule has 17 heavy (non-hydrogen) atoms. The third-order valence-electron chi connectivity index (χ3n) is 2.01. The molecule has 0 saturated carbocycles. The molecule has 0 aliphatic carbocycles. The van der Waals surface area contributed by atoms with Gasteiger partial charge in [-0.1, -0.05) is 13.0 Å². The van der Waals surface area contributed by atoms with Gasteiger partial charge in [0.25, 0.3) is 5.22 Å². The summed E-state index contributed by atoms with van der Waals surface area (Å²) < 4.78 is 5.17. The average molecular weight is 262 g/mol.